The first-order valence-electron chi connectivity index (χ1n) is 4.25. The Bertz CT molecular complexity index is 386. The molecule has 1 rings (SSSR count). The molecular weight excluding hydrogens is 202 g/mol. The van der Waals surface area contributed by atoms with Gasteiger partial charge in [0, 0.05) is 19.3 Å². The Labute approximate surface area is 83.4 Å². The molecule has 0 amide bonds. The summed E-state index contributed by atoms with van der Waals surface area (Å²) in [5.41, 5.74) is 6.17. The van der Waals surface area contributed by atoms with Gasteiger partial charge in [-0.3, -0.25) is 0 Å². The number of sulfonamides is 1. The molecule has 0 radical (unpaired) electrons. The fraction of sp³-hybridized carbons (Fsp3) is 0.375. The van der Waals surface area contributed by atoms with Gasteiger partial charge in [-0.2, -0.15) is 0 Å². The summed E-state index contributed by atoms with van der Waals surface area (Å²) in [5.74, 6) is 0. The van der Waals surface area contributed by atoms with Crippen molar-refractivity contribution >= 4 is 10.0 Å². The van der Waals surface area contributed by atoms with E-state index in [1.54, 1.807) is 13.0 Å². The van der Waals surface area contributed by atoms with Crippen LogP contribution in [0, 0.1) is 0 Å². The zero-order chi connectivity index (χ0) is 10.6. The van der Waals surface area contributed by atoms with Gasteiger partial charge in [0.05, 0.1) is 0 Å². The predicted molar refractivity (Wildman–Crippen MR) is 53.0 cm³/mol. The Balaban J connectivity index is 2.97. The molecule has 78 valence electrons. The molecular formula is C8H13N3O2S. The maximum absolute atomic E-state index is 11.4. The van der Waals surface area contributed by atoms with Crippen molar-refractivity contribution in [2.45, 2.75) is 18.5 Å². The minimum absolute atomic E-state index is 0.0246. The highest BCUT2D eigenvalue weighted by Gasteiger charge is 2.13. The van der Waals surface area contributed by atoms with Crippen molar-refractivity contribution in [1.82, 2.24) is 9.71 Å². The first-order valence-corrected chi connectivity index (χ1v) is 5.73. The van der Waals surface area contributed by atoms with E-state index >= 15 is 0 Å². The number of nitrogens with zero attached hydrogens (tertiary/aromatic N) is 1. The highest BCUT2D eigenvalue weighted by atomic mass is 32.2. The van der Waals surface area contributed by atoms with Crippen LogP contribution in [0.2, 0.25) is 0 Å². The van der Waals surface area contributed by atoms with Crippen LogP contribution in [0.25, 0.3) is 0 Å². The normalized spacial score (nSPS) is 11.6. The summed E-state index contributed by atoms with van der Waals surface area (Å²) in [6.45, 7) is 2.42. The molecule has 14 heavy (non-hydrogen) atoms. The van der Waals surface area contributed by atoms with Gasteiger partial charge in [-0.05, 0) is 11.6 Å². The van der Waals surface area contributed by atoms with Gasteiger partial charge in [-0.1, -0.05) is 13.0 Å². The minimum atomic E-state index is -3.44. The summed E-state index contributed by atoms with van der Waals surface area (Å²) in [4.78, 5) is 3.81. The Morgan fingerprint density at radius 3 is 2.64 bits per heavy atom. The Morgan fingerprint density at radius 1 is 1.50 bits per heavy atom. The molecule has 0 atom stereocenters. The molecule has 1 heterocycles. The fourth-order valence-corrected chi connectivity index (χ4v) is 1.92. The monoisotopic (exact) mass is 215 g/mol. The molecule has 0 aliphatic heterocycles. The molecule has 1 aromatic heterocycles. The molecule has 3 N–H and O–H groups in total. The third-order valence-electron chi connectivity index (χ3n) is 1.64. The van der Waals surface area contributed by atoms with Crippen LogP contribution in [0.15, 0.2) is 23.4 Å². The third-order valence-corrected chi connectivity index (χ3v) is 3.10. The molecule has 0 aliphatic rings. The summed E-state index contributed by atoms with van der Waals surface area (Å²) in [6, 6.07) is 3.09. The number of nitrogens with one attached hydrogen (secondary N) is 1. The maximum Gasteiger partial charge on any atom is 0.258 e. The van der Waals surface area contributed by atoms with E-state index in [4.69, 9.17) is 5.73 Å². The Morgan fingerprint density at radius 2 is 2.21 bits per heavy atom. The van der Waals surface area contributed by atoms with Gasteiger partial charge < -0.3 is 5.73 Å². The summed E-state index contributed by atoms with van der Waals surface area (Å²) < 4.78 is 25.2. The number of hydrogen-bond donors (Lipinski definition) is 2. The number of aromatic nitrogens is 1. The van der Waals surface area contributed by atoms with Crippen LogP contribution >= 0.6 is 0 Å². The van der Waals surface area contributed by atoms with E-state index in [0.717, 1.165) is 5.56 Å². The summed E-state index contributed by atoms with van der Waals surface area (Å²) in [7, 11) is -3.44. The molecule has 0 saturated heterocycles. The quantitative estimate of drug-likeness (QED) is 0.730. The highest BCUT2D eigenvalue weighted by Crippen LogP contribution is 2.05. The maximum atomic E-state index is 11.4. The lowest BCUT2D eigenvalue weighted by molar-refractivity contribution is 0.580. The van der Waals surface area contributed by atoms with E-state index in [2.05, 4.69) is 9.71 Å². The third kappa shape index (κ3) is 2.50. The molecule has 0 aromatic carbocycles. The van der Waals surface area contributed by atoms with Gasteiger partial charge in [-0.25, -0.2) is 18.1 Å². The van der Waals surface area contributed by atoms with E-state index in [-0.39, 0.29) is 5.03 Å². The van der Waals surface area contributed by atoms with Gasteiger partial charge in [0.2, 0.25) is 0 Å². The van der Waals surface area contributed by atoms with Crippen LogP contribution in [0.1, 0.15) is 12.5 Å². The summed E-state index contributed by atoms with van der Waals surface area (Å²) >= 11 is 0. The van der Waals surface area contributed by atoms with E-state index in [9.17, 15) is 8.42 Å². The SMILES string of the molecule is CCNS(=O)(=O)c1ccc(CN)cn1. The summed E-state index contributed by atoms with van der Waals surface area (Å²) in [5, 5.41) is 0.0246. The van der Waals surface area contributed by atoms with Crippen LogP contribution in [0.4, 0.5) is 0 Å². The number of nitrogens with two attached hydrogens (primary N) is 1. The lowest BCUT2D eigenvalue weighted by Gasteiger charge is -2.03. The average molecular weight is 215 g/mol. The zero-order valence-electron chi connectivity index (χ0n) is 7.90. The van der Waals surface area contributed by atoms with Crippen LogP contribution in [-0.4, -0.2) is 19.9 Å². The largest absolute Gasteiger partial charge is 0.326 e. The standard InChI is InChI=1S/C8H13N3O2S/c1-2-11-14(12,13)8-4-3-7(5-9)6-10-8/h3-4,6,11H,2,5,9H2,1H3. The van der Waals surface area contributed by atoms with Crippen molar-refractivity contribution < 1.29 is 8.42 Å². The van der Waals surface area contributed by atoms with Gasteiger partial charge in [-0.15, -0.1) is 0 Å². The molecule has 0 fully saturated rings. The second-order valence-electron chi connectivity index (χ2n) is 2.71. The minimum Gasteiger partial charge on any atom is -0.326 e. The molecule has 0 saturated carbocycles. The van der Waals surface area contributed by atoms with Crippen molar-refractivity contribution in [2.24, 2.45) is 5.73 Å². The number of hydrogen-bond acceptors (Lipinski definition) is 4. The van der Waals surface area contributed by atoms with Gasteiger partial charge in [0.15, 0.2) is 5.03 Å². The predicted octanol–water partition coefficient (Wildman–Crippen LogP) is -0.162. The van der Waals surface area contributed by atoms with Crippen LogP contribution in [0.5, 0.6) is 0 Å². The van der Waals surface area contributed by atoms with E-state index in [0.29, 0.717) is 13.1 Å². The molecule has 0 unspecified atom stereocenters. The van der Waals surface area contributed by atoms with Crippen LogP contribution < -0.4 is 10.5 Å². The Kier molecular flexibility index (Phi) is 3.56. The molecule has 5 nitrogen and oxygen atoms in total. The average Bonchev–Trinajstić information content (AvgIpc) is 2.18. The van der Waals surface area contributed by atoms with E-state index in [1.165, 1.54) is 12.3 Å². The van der Waals surface area contributed by atoms with Crippen molar-refractivity contribution in [2.75, 3.05) is 6.54 Å². The fourth-order valence-electron chi connectivity index (χ4n) is 0.955. The first-order chi connectivity index (χ1) is 6.60. The van der Waals surface area contributed by atoms with Crippen molar-refractivity contribution in [1.29, 1.82) is 0 Å². The van der Waals surface area contributed by atoms with Crippen LogP contribution in [0.3, 0.4) is 0 Å². The van der Waals surface area contributed by atoms with Gasteiger partial charge in [0.25, 0.3) is 10.0 Å². The molecule has 0 aliphatic carbocycles. The second-order valence-corrected chi connectivity index (χ2v) is 4.42. The molecule has 6 heteroatoms. The van der Waals surface area contributed by atoms with E-state index < -0.39 is 10.0 Å². The highest BCUT2D eigenvalue weighted by molar-refractivity contribution is 7.89. The topological polar surface area (TPSA) is 85.1 Å². The molecule has 0 bridgehead atoms. The summed E-state index contributed by atoms with van der Waals surface area (Å²) in [6.07, 6.45) is 1.46. The smallest absolute Gasteiger partial charge is 0.258 e. The number of pyridine rings is 1. The zero-order valence-corrected chi connectivity index (χ0v) is 8.71. The van der Waals surface area contributed by atoms with Crippen molar-refractivity contribution in [3.8, 4) is 0 Å². The first kappa shape index (κ1) is 11.1. The van der Waals surface area contributed by atoms with Crippen LogP contribution in [-0.2, 0) is 16.6 Å². The van der Waals surface area contributed by atoms with E-state index in [1.807, 2.05) is 0 Å². The van der Waals surface area contributed by atoms with Crippen molar-refractivity contribution in [3.05, 3.63) is 23.9 Å². The van der Waals surface area contributed by atoms with Gasteiger partial charge in [0.1, 0.15) is 0 Å². The van der Waals surface area contributed by atoms with Crippen molar-refractivity contribution in [3.63, 3.8) is 0 Å². The lowest BCUT2D eigenvalue weighted by Crippen LogP contribution is -2.24. The second kappa shape index (κ2) is 4.50. The Hall–Kier alpha value is -0.980. The lowest BCUT2D eigenvalue weighted by atomic mass is 10.3. The van der Waals surface area contributed by atoms with Gasteiger partial charge >= 0.3 is 0 Å². The molecule has 0 spiro atoms. The number of rotatable bonds is 4. The molecule has 1 aromatic rings.